The molecule has 0 bridgehead atoms. The molecule has 0 radical (unpaired) electrons. The maximum atomic E-state index is 2.37. The fourth-order valence-corrected chi connectivity index (χ4v) is 4.44. The van der Waals surface area contributed by atoms with Gasteiger partial charge in [-0.05, 0) is 54.3 Å². The van der Waals surface area contributed by atoms with Crippen LogP contribution in [0.2, 0.25) is 0 Å². The second-order valence-corrected chi connectivity index (χ2v) is 8.16. The first-order valence-corrected chi connectivity index (χ1v) is 11.1. The van der Waals surface area contributed by atoms with E-state index in [4.69, 9.17) is 0 Å². The van der Waals surface area contributed by atoms with E-state index in [1.807, 2.05) is 0 Å². The minimum absolute atomic E-state index is 0.441. The Labute approximate surface area is 185 Å². The fraction of sp³-hybridized carbons (Fsp3) is 0.133. The first-order valence-electron chi connectivity index (χ1n) is 11.1. The Balaban J connectivity index is 1.43. The third-order valence-corrected chi connectivity index (χ3v) is 6.14. The van der Waals surface area contributed by atoms with E-state index < -0.39 is 0 Å². The third-order valence-electron chi connectivity index (χ3n) is 6.14. The molecule has 3 aromatic rings. The van der Waals surface area contributed by atoms with Crippen molar-refractivity contribution in [2.75, 3.05) is 4.90 Å². The lowest BCUT2D eigenvalue weighted by molar-refractivity contribution is 0.839. The van der Waals surface area contributed by atoms with Crippen LogP contribution >= 0.6 is 0 Å². The van der Waals surface area contributed by atoms with Crippen molar-refractivity contribution < 1.29 is 0 Å². The van der Waals surface area contributed by atoms with Crippen LogP contribution in [0.4, 0.5) is 11.4 Å². The van der Waals surface area contributed by atoms with Crippen molar-refractivity contribution in [3.05, 3.63) is 144 Å². The molecule has 1 nitrogen and oxygen atoms in total. The normalized spacial score (nSPS) is 19.8. The van der Waals surface area contributed by atoms with Gasteiger partial charge in [0.15, 0.2) is 0 Å². The Hall–Kier alpha value is -3.58. The van der Waals surface area contributed by atoms with Crippen LogP contribution in [0.5, 0.6) is 0 Å². The van der Waals surface area contributed by atoms with Gasteiger partial charge in [0, 0.05) is 28.9 Å². The molecular weight excluding hydrogens is 374 g/mol. The summed E-state index contributed by atoms with van der Waals surface area (Å²) in [6, 6.07) is 30.5. The van der Waals surface area contributed by atoms with Crippen molar-refractivity contribution >= 4 is 11.4 Å². The molecule has 3 aromatic carbocycles. The Morgan fingerprint density at radius 2 is 1.23 bits per heavy atom. The highest BCUT2D eigenvalue weighted by atomic mass is 15.1. The first kappa shape index (κ1) is 19.4. The van der Waals surface area contributed by atoms with Crippen LogP contribution in [0.3, 0.4) is 0 Å². The molecule has 0 amide bonds. The predicted octanol–water partition coefficient (Wildman–Crippen LogP) is 8.05. The van der Waals surface area contributed by atoms with Gasteiger partial charge >= 0.3 is 0 Å². The molecule has 0 saturated heterocycles. The van der Waals surface area contributed by atoms with Gasteiger partial charge in [-0.15, -0.1) is 0 Å². The van der Waals surface area contributed by atoms with Gasteiger partial charge in [0.05, 0.1) is 0 Å². The van der Waals surface area contributed by atoms with E-state index in [1.165, 1.54) is 28.2 Å². The average Bonchev–Trinajstić information content (AvgIpc) is 2.87. The van der Waals surface area contributed by atoms with Crippen molar-refractivity contribution in [3.8, 4) is 0 Å². The molecule has 0 aromatic heterocycles. The summed E-state index contributed by atoms with van der Waals surface area (Å²) in [7, 11) is 0. The Bertz CT molecular complexity index is 1120. The SMILES string of the molecule is C1=CCC(c2ccc(N(C3=CCC(c4ccccc4)C=C3)c3ccccc3)cc2)C=C1. The number of nitrogens with zero attached hydrogens (tertiary/aromatic N) is 1. The van der Waals surface area contributed by atoms with Gasteiger partial charge in [0.25, 0.3) is 0 Å². The van der Waals surface area contributed by atoms with Crippen LogP contribution in [-0.4, -0.2) is 0 Å². The van der Waals surface area contributed by atoms with Gasteiger partial charge in [-0.3, -0.25) is 0 Å². The lowest BCUT2D eigenvalue weighted by atomic mass is 9.91. The molecule has 0 aliphatic heterocycles. The largest absolute Gasteiger partial charge is 0.311 e. The van der Waals surface area contributed by atoms with E-state index in [-0.39, 0.29) is 0 Å². The van der Waals surface area contributed by atoms with Gasteiger partial charge in [-0.2, -0.15) is 0 Å². The zero-order chi connectivity index (χ0) is 20.9. The number of anilines is 2. The summed E-state index contributed by atoms with van der Waals surface area (Å²) in [5, 5.41) is 0. The molecular formula is C30H27N. The molecule has 2 aliphatic rings. The summed E-state index contributed by atoms with van der Waals surface area (Å²) in [6.45, 7) is 0. The number of para-hydroxylation sites is 1. The lowest BCUT2D eigenvalue weighted by Crippen LogP contribution is -2.17. The van der Waals surface area contributed by atoms with Crippen LogP contribution in [0.25, 0.3) is 0 Å². The highest BCUT2D eigenvalue weighted by Gasteiger charge is 2.18. The first-order chi connectivity index (χ1) is 15.4. The second kappa shape index (κ2) is 9.06. The Morgan fingerprint density at radius 3 is 1.87 bits per heavy atom. The van der Waals surface area contributed by atoms with Crippen molar-refractivity contribution in [3.63, 3.8) is 0 Å². The van der Waals surface area contributed by atoms with E-state index in [9.17, 15) is 0 Å². The van der Waals surface area contributed by atoms with Crippen LogP contribution in [0.1, 0.15) is 35.8 Å². The molecule has 0 saturated carbocycles. The third kappa shape index (κ3) is 4.32. The van der Waals surface area contributed by atoms with E-state index in [2.05, 4.69) is 132 Å². The molecule has 1 heteroatoms. The van der Waals surface area contributed by atoms with Gasteiger partial charge in [-0.1, -0.05) is 97.1 Å². The summed E-state index contributed by atoms with van der Waals surface area (Å²) in [5.74, 6) is 0.917. The molecule has 0 heterocycles. The fourth-order valence-electron chi connectivity index (χ4n) is 4.44. The van der Waals surface area contributed by atoms with Gasteiger partial charge in [0.2, 0.25) is 0 Å². The number of hydrogen-bond donors (Lipinski definition) is 0. The van der Waals surface area contributed by atoms with Crippen LogP contribution in [0.15, 0.2) is 133 Å². The van der Waals surface area contributed by atoms with Gasteiger partial charge in [0.1, 0.15) is 0 Å². The van der Waals surface area contributed by atoms with E-state index in [0.29, 0.717) is 11.8 Å². The van der Waals surface area contributed by atoms with E-state index in [0.717, 1.165) is 12.8 Å². The number of allylic oxidation sites excluding steroid dienone is 7. The molecule has 5 rings (SSSR count). The van der Waals surface area contributed by atoms with Crippen LogP contribution in [0, 0.1) is 0 Å². The molecule has 0 spiro atoms. The molecule has 152 valence electrons. The minimum Gasteiger partial charge on any atom is -0.311 e. The Morgan fingerprint density at radius 1 is 0.581 bits per heavy atom. The second-order valence-electron chi connectivity index (χ2n) is 8.16. The lowest BCUT2D eigenvalue weighted by Gasteiger charge is -2.29. The molecule has 2 unspecified atom stereocenters. The number of hydrogen-bond acceptors (Lipinski definition) is 1. The highest BCUT2D eigenvalue weighted by Crippen LogP contribution is 2.36. The van der Waals surface area contributed by atoms with Gasteiger partial charge in [-0.25, -0.2) is 0 Å². The van der Waals surface area contributed by atoms with Crippen LogP contribution < -0.4 is 4.90 Å². The highest BCUT2D eigenvalue weighted by molar-refractivity contribution is 5.70. The predicted molar refractivity (Wildman–Crippen MR) is 132 cm³/mol. The topological polar surface area (TPSA) is 3.24 Å². The molecule has 31 heavy (non-hydrogen) atoms. The van der Waals surface area contributed by atoms with Crippen LogP contribution in [-0.2, 0) is 0 Å². The molecule has 0 fully saturated rings. The van der Waals surface area contributed by atoms with Crippen molar-refractivity contribution in [1.82, 2.24) is 0 Å². The monoisotopic (exact) mass is 401 g/mol. The summed E-state index contributed by atoms with van der Waals surface area (Å²) < 4.78 is 0. The summed E-state index contributed by atoms with van der Waals surface area (Å²) in [6.07, 6.45) is 17.9. The van der Waals surface area contributed by atoms with E-state index in [1.54, 1.807) is 0 Å². The Kier molecular flexibility index (Phi) is 5.66. The minimum atomic E-state index is 0.441. The molecule has 2 atom stereocenters. The maximum Gasteiger partial charge on any atom is 0.0461 e. The summed E-state index contributed by atoms with van der Waals surface area (Å²) in [5.41, 5.74) is 6.35. The summed E-state index contributed by atoms with van der Waals surface area (Å²) in [4.78, 5) is 2.36. The van der Waals surface area contributed by atoms with Crippen molar-refractivity contribution in [2.45, 2.75) is 24.7 Å². The van der Waals surface area contributed by atoms with Crippen molar-refractivity contribution in [2.24, 2.45) is 0 Å². The molecule has 2 aliphatic carbocycles. The standard InChI is InChI=1S/C30H27N/c1-4-10-24(11-5-1)26-16-20-29(21-17-26)31(28-14-8-3-9-15-28)30-22-18-27(19-23-30)25-12-6-2-7-13-25/h1-12,14-16,18-23,25-26H,13,17H2. The zero-order valence-corrected chi connectivity index (χ0v) is 17.6. The molecule has 0 N–H and O–H groups in total. The van der Waals surface area contributed by atoms with Crippen molar-refractivity contribution in [1.29, 1.82) is 0 Å². The zero-order valence-electron chi connectivity index (χ0n) is 17.6. The average molecular weight is 402 g/mol. The quantitative estimate of drug-likeness (QED) is 0.418. The maximum absolute atomic E-state index is 2.37. The smallest absolute Gasteiger partial charge is 0.0461 e. The summed E-state index contributed by atoms with van der Waals surface area (Å²) >= 11 is 0. The number of rotatable bonds is 5. The van der Waals surface area contributed by atoms with Gasteiger partial charge < -0.3 is 4.90 Å². The van der Waals surface area contributed by atoms with E-state index >= 15 is 0 Å². The number of benzene rings is 3.